The highest BCUT2D eigenvalue weighted by Gasteiger charge is 2.27. The lowest BCUT2D eigenvalue weighted by molar-refractivity contribution is -0.885. The average Bonchev–Trinajstić information content (AvgIpc) is 3.14. The Morgan fingerprint density at radius 3 is 2.58 bits per heavy atom. The average molecular weight is 354 g/mol. The number of benzene rings is 2. The van der Waals surface area contributed by atoms with Crippen molar-refractivity contribution in [1.82, 2.24) is 5.32 Å². The summed E-state index contributed by atoms with van der Waals surface area (Å²) in [7, 11) is 1.89. The van der Waals surface area contributed by atoms with Crippen LogP contribution in [0.4, 0.5) is 5.69 Å². The summed E-state index contributed by atoms with van der Waals surface area (Å²) in [6.45, 7) is 2.13. The van der Waals surface area contributed by atoms with E-state index in [1.54, 1.807) is 0 Å². The normalized spacial score (nSPS) is 17.0. The molecule has 0 radical (unpaired) electrons. The van der Waals surface area contributed by atoms with Gasteiger partial charge >= 0.3 is 0 Å². The van der Waals surface area contributed by atoms with Crippen LogP contribution < -0.4 is 15.5 Å². The van der Waals surface area contributed by atoms with Crippen LogP contribution in [-0.2, 0) is 9.59 Å². The van der Waals surface area contributed by atoms with Gasteiger partial charge < -0.3 is 15.5 Å². The number of quaternary nitrogens is 1. The molecule has 0 spiro atoms. The van der Waals surface area contributed by atoms with Crippen molar-refractivity contribution in [3.05, 3.63) is 42.5 Å². The largest absolute Gasteiger partial charge is 0.348 e. The molecule has 1 unspecified atom stereocenters. The predicted molar refractivity (Wildman–Crippen MR) is 104 cm³/mol. The lowest BCUT2D eigenvalue weighted by atomic mass is 10.1. The molecule has 2 aromatic rings. The van der Waals surface area contributed by atoms with E-state index in [0.717, 1.165) is 34.2 Å². The van der Waals surface area contributed by atoms with Gasteiger partial charge in [-0.3, -0.25) is 9.59 Å². The van der Waals surface area contributed by atoms with E-state index in [-0.39, 0.29) is 24.4 Å². The van der Waals surface area contributed by atoms with Gasteiger partial charge in [0.1, 0.15) is 0 Å². The molecule has 0 bridgehead atoms. The fourth-order valence-corrected chi connectivity index (χ4v) is 3.56. The van der Waals surface area contributed by atoms with Crippen LogP contribution in [0.5, 0.6) is 0 Å². The molecule has 0 heterocycles. The van der Waals surface area contributed by atoms with Crippen LogP contribution in [0.3, 0.4) is 0 Å². The van der Waals surface area contributed by atoms with Crippen molar-refractivity contribution in [2.75, 3.05) is 18.9 Å². The van der Waals surface area contributed by atoms with Gasteiger partial charge in [0.05, 0.1) is 7.05 Å². The highest BCUT2D eigenvalue weighted by Crippen LogP contribution is 2.22. The van der Waals surface area contributed by atoms with Crippen LogP contribution in [0.2, 0.25) is 0 Å². The number of nitrogens with one attached hydrogen (secondary N) is 3. The molecule has 2 amide bonds. The van der Waals surface area contributed by atoms with Crippen molar-refractivity contribution in [1.29, 1.82) is 0 Å². The minimum atomic E-state index is -0.256. The summed E-state index contributed by atoms with van der Waals surface area (Å²) in [6.07, 6.45) is 4.52. The molecule has 5 nitrogen and oxygen atoms in total. The summed E-state index contributed by atoms with van der Waals surface area (Å²) in [5, 5.41) is 8.22. The maximum Gasteiger partial charge on any atom is 0.279 e. The van der Waals surface area contributed by atoms with Gasteiger partial charge in [0.25, 0.3) is 11.8 Å². The summed E-state index contributed by atoms with van der Waals surface area (Å²) >= 11 is 0. The number of hydrogen-bond donors (Lipinski definition) is 3. The number of carbonyl (C=O) groups is 2. The summed E-state index contributed by atoms with van der Waals surface area (Å²) in [5.41, 5.74) is 0.809. The van der Waals surface area contributed by atoms with Crippen molar-refractivity contribution in [3.8, 4) is 0 Å². The van der Waals surface area contributed by atoms with E-state index >= 15 is 0 Å². The highest BCUT2D eigenvalue weighted by atomic mass is 16.2. The fraction of sp³-hybridized carbons (Fsp3) is 0.429. The van der Waals surface area contributed by atoms with Crippen molar-refractivity contribution in [2.45, 2.75) is 44.7 Å². The molecule has 1 aliphatic carbocycles. The second kappa shape index (κ2) is 8.32. The van der Waals surface area contributed by atoms with Gasteiger partial charge in [-0.05, 0) is 31.2 Å². The Kier molecular flexibility index (Phi) is 5.89. The van der Waals surface area contributed by atoms with Crippen LogP contribution in [0.15, 0.2) is 42.5 Å². The first-order valence-electron chi connectivity index (χ1n) is 9.45. The maximum absolute atomic E-state index is 12.5. The first kappa shape index (κ1) is 18.4. The van der Waals surface area contributed by atoms with E-state index in [0.29, 0.717) is 6.04 Å². The molecule has 1 fully saturated rings. The SMILES string of the molecule is C[C@H](C(=O)NC1CCCC1)[NH+](C)CC(=O)Nc1cccc2ccccc12. The first-order valence-corrected chi connectivity index (χ1v) is 9.45. The Bertz CT molecular complexity index is 778. The smallest absolute Gasteiger partial charge is 0.279 e. The molecular formula is C21H28N3O2+. The standard InChI is InChI=1S/C21H27N3O2/c1-15(21(26)22-17-10-4-5-11-17)24(2)14-20(25)23-19-13-7-9-16-8-3-6-12-18(16)19/h3,6-9,12-13,15,17H,4-5,10-11,14H2,1-2H3,(H,22,26)(H,23,25)/p+1/t15-/m1/s1. The second-order valence-corrected chi connectivity index (χ2v) is 7.31. The van der Waals surface area contributed by atoms with Crippen molar-refractivity contribution < 1.29 is 14.5 Å². The molecule has 2 atom stereocenters. The van der Waals surface area contributed by atoms with Gasteiger partial charge in [0, 0.05) is 17.1 Å². The number of hydrogen-bond acceptors (Lipinski definition) is 2. The molecule has 0 aliphatic heterocycles. The first-order chi connectivity index (χ1) is 12.5. The van der Waals surface area contributed by atoms with E-state index in [1.165, 1.54) is 12.8 Å². The second-order valence-electron chi connectivity index (χ2n) is 7.31. The van der Waals surface area contributed by atoms with E-state index in [4.69, 9.17) is 0 Å². The molecule has 138 valence electrons. The summed E-state index contributed by atoms with van der Waals surface area (Å²) in [4.78, 5) is 25.8. The quantitative estimate of drug-likeness (QED) is 0.740. The summed E-state index contributed by atoms with van der Waals surface area (Å²) < 4.78 is 0. The van der Waals surface area contributed by atoms with Crippen LogP contribution in [0, 0.1) is 0 Å². The fourth-order valence-electron chi connectivity index (χ4n) is 3.56. The van der Waals surface area contributed by atoms with Gasteiger partial charge in [0.2, 0.25) is 0 Å². The predicted octanol–water partition coefficient (Wildman–Crippen LogP) is 1.74. The molecule has 0 aromatic heterocycles. The topological polar surface area (TPSA) is 62.6 Å². The third kappa shape index (κ3) is 4.41. The lowest BCUT2D eigenvalue weighted by Gasteiger charge is -2.22. The lowest BCUT2D eigenvalue weighted by Crippen LogP contribution is -3.15. The van der Waals surface area contributed by atoms with E-state index in [2.05, 4.69) is 10.6 Å². The highest BCUT2D eigenvalue weighted by molar-refractivity contribution is 6.02. The van der Waals surface area contributed by atoms with Crippen LogP contribution in [0.1, 0.15) is 32.6 Å². The Morgan fingerprint density at radius 2 is 1.81 bits per heavy atom. The zero-order valence-electron chi connectivity index (χ0n) is 15.5. The van der Waals surface area contributed by atoms with Gasteiger partial charge in [-0.1, -0.05) is 49.2 Å². The van der Waals surface area contributed by atoms with Crippen molar-refractivity contribution >= 4 is 28.3 Å². The molecule has 5 heteroatoms. The molecule has 2 aromatic carbocycles. The molecular weight excluding hydrogens is 326 g/mol. The van der Waals surface area contributed by atoms with Crippen molar-refractivity contribution in [2.24, 2.45) is 0 Å². The molecule has 26 heavy (non-hydrogen) atoms. The molecule has 0 saturated heterocycles. The van der Waals surface area contributed by atoms with Crippen molar-refractivity contribution in [3.63, 3.8) is 0 Å². The minimum Gasteiger partial charge on any atom is -0.348 e. The molecule has 3 rings (SSSR count). The number of rotatable bonds is 6. The van der Waals surface area contributed by atoms with Gasteiger partial charge in [-0.2, -0.15) is 0 Å². The van der Waals surface area contributed by atoms with Gasteiger partial charge in [-0.25, -0.2) is 0 Å². The number of likely N-dealkylation sites (N-methyl/N-ethyl adjacent to an activating group) is 1. The minimum absolute atomic E-state index is 0.0346. The maximum atomic E-state index is 12.5. The Balaban J connectivity index is 1.57. The van der Waals surface area contributed by atoms with Crippen LogP contribution >= 0.6 is 0 Å². The van der Waals surface area contributed by atoms with E-state index in [1.807, 2.05) is 56.4 Å². The number of amides is 2. The summed E-state index contributed by atoms with van der Waals surface area (Å²) in [5.74, 6) is -0.0493. The van der Waals surface area contributed by atoms with Crippen LogP contribution in [0.25, 0.3) is 10.8 Å². The van der Waals surface area contributed by atoms with E-state index < -0.39 is 0 Å². The number of anilines is 1. The third-order valence-electron chi connectivity index (χ3n) is 5.34. The number of fused-ring (bicyclic) bond motifs is 1. The Morgan fingerprint density at radius 1 is 1.12 bits per heavy atom. The monoisotopic (exact) mass is 354 g/mol. The molecule has 3 N–H and O–H groups in total. The van der Waals surface area contributed by atoms with E-state index in [9.17, 15) is 9.59 Å². The molecule has 1 aliphatic rings. The summed E-state index contributed by atoms with van der Waals surface area (Å²) in [6, 6.07) is 13.9. The Labute approximate surface area is 154 Å². The molecule has 1 saturated carbocycles. The van der Waals surface area contributed by atoms with Gasteiger partial charge in [-0.15, -0.1) is 0 Å². The van der Waals surface area contributed by atoms with Crippen LogP contribution in [-0.4, -0.2) is 37.5 Å². The zero-order chi connectivity index (χ0) is 18.5. The third-order valence-corrected chi connectivity index (χ3v) is 5.34. The Hall–Kier alpha value is -2.40. The zero-order valence-corrected chi connectivity index (χ0v) is 15.5. The number of carbonyl (C=O) groups excluding carboxylic acids is 2. The van der Waals surface area contributed by atoms with Gasteiger partial charge in [0.15, 0.2) is 12.6 Å².